The molecule has 0 unspecified atom stereocenters. The van der Waals surface area contributed by atoms with E-state index in [0.717, 1.165) is 100 Å². The molecule has 10 heteroatoms. The number of fused-ring (bicyclic) bond motifs is 5. The number of anilines is 1. The molecule has 0 atom stereocenters. The minimum absolute atomic E-state index is 0.0000118. The first kappa shape index (κ1) is 25.8. The average Bonchev–Trinajstić information content (AvgIpc) is 2.83. The molecule has 2 aliphatic rings. The molecule has 2 aliphatic heterocycles. The Morgan fingerprint density at radius 3 is 2.69 bits per heavy atom. The van der Waals surface area contributed by atoms with E-state index in [1.54, 1.807) is 6.07 Å². The first-order valence-corrected chi connectivity index (χ1v) is 13.2. The molecular formula is C25H36N6O3S. The van der Waals surface area contributed by atoms with Crippen LogP contribution in [0.1, 0.15) is 29.5 Å². The molecule has 4 bridgehead atoms. The topological polar surface area (TPSA) is 111 Å². The van der Waals surface area contributed by atoms with Crippen molar-refractivity contribution in [1.29, 1.82) is 0 Å². The van der Waals surface area contributed by atoms with Crippen LogP contribution < -0.4 is 15.8 Å². The summed E-state index contributed by atoms with van der Waals surface area (Å²) in [6.45, 7) is 12.1. The van der Waals surface area contributed by atoms with E-state index in [1.807, 2.05) is 6.92 Å². The smallest absolute Gasteiger partial charge is 0.391 e. The summed E-state index contributed by atoms with van der Waals surface area (Å²) in [4.78, 5) is 21.9. The Hall–Kier alpha value is -2.24. The molecule has 0 spiro atoms. The van der Waals surface area contributed by atoms with Crippen LogP contribution in [0.15, 0.2) is 23.2 Å². The van der Waals surface area contributed by atoms with Crippen LogP contribution in [0.25, 0.3) is 11.3 Å². The maximum atomic E-state index is 13.0. The minimum atomic E-state index is -0.150. The molecule has 1 aromatic carbocycles. The highest BCUT2D eigenvalue weighted by molar-refractivity contribution is 8.13. The van der Waals surface area contributed by atoms with Crippen molar-refractivity contribution in [2.75, 3.05) is 64.8 Å². The van der Waals surface area contributed by atoms with E-state index in [1.165, 1.54) is 5.56 Å². The summed E-state index contributed by atoms with van der Waals surface area (Å²) < 4.78 is 6.10. The highest BCUT2D eigenvalue weighted by Gasteiger charge is 2.21. The van der Waals surface area contributed by atoms with Crippen molar-refractivity contribution in [2.24, 2.45) is 0 Å². The zero-order valence-electron chi connectivity index (χ0n) is 20.7. The van der Waals surface area contributed by atoms with Crippen molar-refractivity contribution in [2.45, 2.75) is 38.3 Å². The number of hydrogen-bond acceptors (Lipinski definition) is 9. The number of carbonyl (C=O) groups excluding carboxylic acids is 1. The molecule has 35 heavy (non-hydrogen) atoms. The lowest BCUT2D eigenvalue weighted by atomic mass is 9.97. The third-order valence-electron chi connectivity index (χ3n) is 6.67. The zero-order valence-corrected chi connectivity index (χ0v) is 21.5. The quantitative estimate of drug-likeness (QED) is 0.370. The number of nitrogens with two attached hydrogens (primary N) is 1. The lowest BCUT2D eigenvalue weighted by Gasteiger charge is -2.29. The molecule has 0 saturated carbocycles. The number of nitrogens with zero attached hydrogens (tertiary/aromatic N) is 4. The largest absolute Gasteiger partial charge is 0.740 e. The fourth-order valence-corrected chi connectivity index (χ4v) is 5.40. The molecule has 1 aromatic heterocycles. The van der Waals surface area contributed by atoms with E-state index < -0.39 is 0 Å². The molecule has 1 fully saturated rings. The number of carbonyl (C=O) groups is 1. The van der Waals surface area contributed by atoms with Gasteiger partial charge in [0.2, 0.25) is 5.12 Å². The van der Waals surface area contributed by atoms with Gasteiger partial charge in [0.05, 0.1) is 19.8 Å². The molecule has 4 rings (SSSR count). The summed E-state index contributed by atoms with van der Waals surface area (Å²) >= 11 is 1.06. The predicted molar refractivity (Wildman–Crippen MR) is 138 cm³/mol. The molecule has 0 amide bonds. The number of benzene rings is 1. The van der Waals surface area contributed by atoms with E-state index >= 15 is 0 Å². The Kier molecular flexibility index (Phi) is 8.96. The zero-order chi connectivity index (χ0) is 24.8. The number of aromatic nitrogens is 2. The number of rotatable bonds is 3. The van der Waals surface area contributed by atoms with Crippen LogP contribution in [-0.2, 0) is 16.1 Å². The fourth-order valence-electron chi connectivity index (χ4n) is 4.61. The highest BCUT2D eigenvalue weighted by atomic mass is 32.2. The number of nitrogen functional groups attached to an aromatic ring is 1. The van der Waals surface area contributed by atoms with Crippen LogP contribution in [0.4, 0.5) is 5.95 Å². The first-order chi connectivity index (χ1) is 16.9. The minimum Gasteiger partial charge on any atom is -0.740 e. The van der Waals surface area contributed by atoms with Gasteiger partial charge in [0.1, 0.15) is 5.69 Å². The van der Waals surface area contributed by atoms with Gasteiger partial charge in [0.25, 0.3) is 0 Å². The third-order valence-corrected chi connectivity index (χ3v) is 7.45. The molecule has 9 nitrogen and oxygen atoms in total. The molecule has 3 N–H and O–H groups in total. The SMILES string of the molecule is Cc1cc(C)c2cc1CNCCCCN(CCN1CCOCC1)CC(=O)Sc1cc-2[n+]([O-])c(N)n1. The van der Waals surface area contributed by atoms with Crippen molar-refractivity contribution >= 4 is 22.8 Å². The Morgan fingerprint density at radius 1 is 1.11 bits per heavy atom. The van der Waals surface area contributed by atoms with Crippen LogP contribution in [0.5, 0.6) is 0 Å². The number of hydrogen-bond donors (Lipinski definition) is 2. The number of aryl methyl sites for hydroxylation is 2. The summed E-state index contributed by atoms with van der Waals surface area (Å²) in [5.41, 5.74) is 10.5. The van der Waals surface area contributed by atoms with E-state index in [9.17, 15) is 10.0 Å². The van der Waals surface area contributed by atoms with Gasteiger partial charge in [-0.1, -0.05) is 11.1 Å². The van der Waals surface area contributed by atoms with E-state index in [-0.39, 0.29) is 11.1 Å². The maximum Gasteiger partial charge on any atom is 0.391 e. The summed E-state index contributed by atoms with van der Waals surface area (Å²) in [6, 6.07) is 5.83. The van der Waals surface area contributed by atoms with Gasteiger partial charge in [-0.3, -0.25) is 20.3 Å². The fraction of sp³-hybridized carbons (Fsp3) is 0.560. The standard InChI is InChI=1S/C25H36N6O3S/c1-18-13-19(2)21-14-20(18)16-27-5-3-4-6-30(8-7-29-9-11-34-12-10-29)17-24(32)35-23-15-22(21)31(33)25(26)28-23/h13-15,27H,3-12,16-17H2,1-2H3,(H2,26,28). The number of thioether (sulfide) groups is 1. The van der Waals surface area contributed by atoms with E-state index in [0.29, 0.717) is 22.0 Å². The van der Waals surface area contributed by atoms with Crippen LogP contribution >= 0.6 is 11.8 Å². The van der Waals surface area contributed by atoms with Gasteiger partial charge in [-0.25, -0.2) is 4.73 Å². The summed E-state index contributed by atoms with van der Waals surface area (Å²) in [6.07, 6.45) is 2.05. The van der Waals surface area contributed by atoms with Gasteiger partial charge >= 0.3 is 5.95 Å². The number of morpholine rings is 1. The van der Waals surface area contributed by atoms with E-state index in [4.69, 9.17) is 10.5 Å². The van der Waals surface area contributed by atoms with Gasteiger partial charge in [0.15, 0.2) is 5.03 Å². The van der Waals surface area contributed by atoms with Gasteiger partial charge in [-0.05, 0) is 74.3 Å². The Morgan fingerprint density at radius 2 is 1.89 bits per heavy atom. The van der Waals surface area contributed by atoms with Gasteiger partial charge < -0.3 is 15.3 Å². The molecular weight excluding hydrogens is 464 g/mol. The van der Waals surface area contributed by atoms with Gasteiger partial charge in [0, 0.05) is 44.4 Å². The third kappa shape index (κ3) is 6.92. The molecule has 1 saturated heterocycles. The Labute approximate surface area is 211 Å². The second-order valence-corrected chi connectivity index (χ2v) is 10.4. The summed E-state index contributed by atoms with van der Waals surface area (Å²) in [5, 5.41) is 16.8. The molecule has 190 valence electrons. The summed E-state index contributed by atoms with van der Waals surface area (Å²) in [5.74, 6) is -0.150. The second-order valence-electron chi connectivity index (χ2n) is 9.31. The summed E-state index contributed by atoms with van der Waals surface area (Å²) in [7, 11) is 0. The van der Waals surface area contributed by atoms with Crippen LogP contribution in [0, 0.1) is 19.1 Å². The Balaban J connectivity index is 1.57. The molecule has 3 heterocycles. The molecule has 0 aliphatic carbocycles. The van der Waals surface area contributed by atoms with E-state index in [2.05, 4.69) is 39.2 Å². The monoisotopic (exact) mass is 500 g/mol. The predicted octanol–water partition coefficient (Wildman–Crippen LogP) is 1.72. The van der Waals surface area contributed by atoms with Crippen LogP contribution in [0.3, 0.4) is 0 Å². The van der Waals surface area contributed by atoms with Gasteiger partial charge in [-0.15, -0.1) is 0 Å². The van der Waals surface area contributed by atoms with Crippen molar-refractivity contribution in [1.82, 2.24) is 20.1 Å². The lowest BCUT2D eigenvalue weighted by molar-refractivity contribution is -0.581. The number of ether oxygens (including phenoxy) is 1. The molecule has 0 radical (unpaired) electrons. The molecule has 2 aromatic rings. The van der Waals surface area contributed by atoms with Crippen molar-refractivity contribution in [3.8, 4) is 11.3 Å². The highest BCUT2D eigenvalue weighted by Crippen LogP contribution is 2.28. The average molecular weight is 501 g/mol. The normalized spacial score (nSPS) is 19.1. The van der Waals surface area contributed by atoms with Gasteiger partial charge in [-0.2, -0.15) is 0 Å². The van der Waals surface area contributed by atoms with Crippen LogP contribution in [0.2, 0.25) is 0 Å². The Bertz CT molecular complexity index is 1040. The van der Waals surface area contributed by atoms with Crippen molar-refractivity contribution < 1.29 is 14.3 Å². The second kappa shape index (κ2) is 12.1. The lowest BCUT2D eigenvalue weighted by Crippen LogP contribution is -2.42. The van der Waals surface area contributed by atoms with Crippen molar-refractivity contribution in [3.63, 3.8) is 0 Å². The van der Waals surface area contributed by atoms with Crippen LogP contribution in [-0.4, -0.2) is 78.9 Å². The first-order valence-electron chi connectivity index (χ1n) is 12.3. The van der Waals surface area contributed by atoms with Crippen molar-refractivity contribution in [3.05, 3.63) is 40.1 Å². The number of nitrogens with one attached hydrogen (secondary N) is 1. The maximum absolute atomic E-state index is 13.0.